The lowest BCUT2D eigenvalue weighted by Crippen LogP contribution is -2.37. The lowest BCUT2D eigenvalue weighted by molar-refractivity contribution is 0.0985. The number of fused-ring (bicyclic) bond motifs is 1. The molecule has 0 unspecified atom stereocenters. The van der Waals surface area contributed by atoms with Crippen LogP contribution in [-0.2, 0) is 10.0 Å². The summed E-state index contributed by atoms with van der Waals surface area (Å²) in [6, 6.07) is 11.9. The van der Waals surface area contributed by atoms with E-state index < -0.39 is 10.0 Å². The molecule has 8 nitrogen and oxygen atoms in total. The first kappa shape index (κ1) is 24.6. The summed E-state index contributed by atoms with van der Waals surface area (Å²) in [5.41, 5.74) is 1.19. The molecule has 0 N–H and O–H groups in total. The molecule has 0 atom stereocenters. The van der Waals surface area contributed by atoms with Gasteiger partial charge >= 0.3 is 0 Å². The molecule has 1 aromatic heterocycles. The normalized spacial score (nSPS) is 15.1. The number of methoxy groups -OCH3 is 1. The van der Waals surface area contributed by atoms with Crippen LogP contribution in [0.15, 0.2) is 47.4 Å². The van der Waals surface area contributed by atoms with Crippen molar-refractivity contribution in [3.05, 3.63) is 48.0 Å². The van der Waals surface area contributed by atoms with Crippen LogP contribution in [0.25, 0.3) is 10.2 Å². The van der Waals surface area contributed by atoms with E-state index in [1.54, 1.807) is 24.1 Å². The van der Waals surface area contributed by atoms with Crippen molar-refractivity contribution in [2.45, 2.75) is 24.2 Å². The van der Waals surface area contributed by atoms with Crippen LogP contribution in [0.3, 0.4) is 0 Å². The van der Waals surface area contributed by atoms with Gasteiger partial charge in [-0.25, -0.2) is 13.4 Å². The van der Waals surface area contributed by atoms with Gasteiger partial charge in [0.2, 0.25) is 10.0 Å². The Morgan fingerprint density at radius 2 is 1.76 bits per heavy atom. The van der Waals surface area contributed by atoms with Gasteiger partial charge in [0, 0.05) is 37.8 Å². The largest absolute Gasteiger partial charge is 0.497 e. The van der Waals surface area contributed by atoms with Crippen molar-refractivity contribution >= 4 is 42.6 Å². The Bertz CT molecular complexity index is 1250. The molecule has 1 aliphatic rings. The summed E-state index contributed by atoms with van der Waals surface area (Å²) in [5, 5.41) is 0.597. The lowest BCUT2D eigenvalue weighted by atomic mass is 10.2. The number of likely N-dealkylation sites (N-methyl/N-ethyl adjacent to an activating group) is 1. The topological polar surface area (TPSA) is 83.0 Å². The van der Waals surface area contributed by atoms with E-state index in [0.29, 0.717) is 42.6 Å². The summed E-state index contributed by atoms with van der Waals surface area (Å²) in [4.78, 5) is 22.1. The minimum Gasteiger partial charge on any atom is -0.497 e. The van der Waals surface area contributed by atoms with E-state index in [0.717, 1.165) is 29.5 Å². The van der Waals surface area contributed by atoms with Crippen molar-refractivity contribution in [2.75, 3.05) is 52.3 Å². The molecule has 3 aromatic rings. The average Bonchev–Trinajstić information content (AvgIpc) is 3.27. The zero-order chi connectivity index (χ0) is 24.3. The van der Waals surface area contributed by atoms with Crippen LogP contribution in [-0.4, -0.2) is 75.9 Å². The van der Waals surface area contributed by atoms with Gasteiger partial charge in [0.05, 0.1) is 22.2 Å². The number of anilines is 1. The molecular formula is C24H30N4O4S2. The predicted octanol–water partition coefficient (Wildman–Crippen LogP) is 3.69. The quantitative estimate of drug-likeness (QED) is 0.467. The Labute approximate surface area is 204 Å². The number of aromatic nitrogens is 1. The van der Waals surface area contributed by atoms with E-state index in [4.69, 9.17) is 4.74 Å². The summed E-state index contributed by atoms with van der Waals surface area (Å²) >= 11 is 1.44. The van der Waals surface area contributed by atoms with Crippen LogP contribution in [0, 0.1) is 0 Å². The molecule has 0 radical (unpaired) electrons. The number of carbonyl (C=O) groups excluding carboxylic acids is 1. The standard InChI is InChI=1S/C24H30N4O4S2/c1-26(2)15-16-28(24-25-21-17-19(32-3)9-12-22(21)33-24)23(29)18-7-10-20(11-8-18)34(30,31)27-13-5-4-6-14-27/h7-12,17H,4-6,13-16H2,1-3H3. The van der Waals surface area contributed by atoms with Gasteiger partial charge in [0.1, 0.15) is 5.75 Å². The second kappa shape index (κ2) is 10.4. The third kappa shape index (κ3) is 5.25. The molecule has 0 aliphatic carbocycles. The Kier molecular flexibility index (Phi) is 7.51. The molecule has 1 amide bonds. The Hall–Kier alpha value is -2.53. The Balaban J connectivity index is 1.61. The van der Waals surface area contributed by atoms with Gasteiger partial charge in [-0.05, 0) is 63.3 Å². The molecule has 1 saturated heterocycles. The predicted molar refractivity (Wildman–Crippen MR) is 135 cm³/mol. The second-order valence-electron chi connectivity index (χ2n) is 8.58. The molecule has 34 heavy (non-hydrogen) atoms. The van der Waals surface area contributed by atoms with Crippen LogP contribution >= 0.6 is 11.3 Å². The van der Waals surface area contributed by atoms with Crippen molar-refractivity contribution in [1.29, 1.82) is 0 Å². The van der Waals surface area contributed by atoms with E-state index in [9.17, 15) is 13.2 Å². The Morgan fingerprint density at radius 3 is 2.41 bits per heavy atom. The fraction of sp³-hybridized carbons (Fsp3) is 0.417. The number of sulfonamides is 1. The number of carbonyl (C=O) groups is 1. The SMILES string of the molecule is COc1ccc2sc(N(CCN(C)C)C(=O)c3ccc(S(=O)(=O)N4CCCCC4)cc3)nc2c1. The summed E-state index contributed by atoms with van der Waals surface area (Å²) < 4.78 is 33.7. The van der Waals surface area contributed by atoms with Crippen LogP contribution in [0.4, 0.5) is 5.13 Å². The average molecular weight is 503 g/mol. The number of thiazole rings is 1. The maximum Gasteiger partial charge on any atom is 0.260 e. The minimum absolute atomic E-state index is 0.213. The van der Waals surface area contributed by atoms with Crippen LogP contribution in [0.5, 0.6) is 5.75 Å². The number of nitrogens with zero attached hydrogens (tertiary/aromatic N) is 4. The highest BCUT2D eigenvalue weighted by Crippen LogP contribution is 2.32. The smallest absolute Gasteiger partial charge is 0.260 e. The van der Waals surface area contributed by atoms with Gasteiger partial charge in [-0.2, -0.15) is 4.31 Å². The number of amides is 1. The molecule has 1 aliphatic heterocycles. The van der Waals surface area contributed by atoms with E-state index in [2.05, 4.69) is 4.98 Å². The molecule has 182 valence electrons. The highest BCUT2D eigenvalue weighted by molar-refractivity contribution is 7.89. The first-order chi connectivity index (χ1) is 16.3. The maximum atomic E-state index is 13.5. The highest BCUT2D eigenvalue weighted by atomic mass is 32.2. The van der Waals surface area contributed by atoms with Crippen molar-refractivity contribution in [2.24, 2.45) is 0 Å². The molecule has 1 fully saturated rings. The number of benzene rings is 2. The maximum absolute atomic E-state index is 13.5. The van der Waals surface area contributed by atoms with Gasteiger partial charge in [0.25, 0.3) is 5.91 Å². The number of ether oxygens (including phenoxy) is 1. The molecule has 0 saturated carbocycles. The third-order valence-corrected chi connectivity index (χ3v) is 8.86. The summed E-state index contributed by atoms with van der Waals surface area (Å²) in [5.74, 6) is 0.496. The second-order valence-corrected chi connectivity index (χ2v) is 11.5. The summed E-state index contributed by atoms with van der Waals surface area (Å²) in [7, 11) is 1.97. The van der Waals surface area contributed by atoms with Gasteiger partial charge in [-0.3, -0.25) is 9.69 Å². The zero-order valence-corrected chi connectivity index (χ0v) is 21.4. The van der Waals surface area contributed by atoms with Crippen molar-refractivity contribution < 1.29 is 17.9 Å². The molecule has 0 spiro atoms. The van der Waals surface area contributed by atoms with Gasteiger partial charge in [0.15, 0.2) is 5.13 Å². The van der Waals surface area contributed by atoms with Crippen LogP contribution in [0.2, 0.25) is 0 Å². The zero-order valence-electron chi connectivity index (χ0n) is 19.7. The molecule has 2 heterocycles. The first-order valence-electron chi connectivity index (χ1n) is 11.3. The molecule has 10 heteroatoms. The van der Waals surface area contributed by atoms with Gasteiger partial charge < -0.3 is 9.64 Å². The number of hydrogen-bond acceptors (Lipinski definition) is 7. The van der Waals surface area contributed by atoms with Gasteiger partial charge in [-0.1, -0.05) is 17.8 Å². The first-order valence-corrected chi connectivity index (χ1v) is 13.6. The number of piperidine rings is 1. The van der Waals surface area contributed by atoms with Crippen LogP contribution in [0.1, 0.15) is 29.6 Å². The van der Waals surface area contributed by atoms with E-state index in [1.807, 2.05) is 37.2 Å². The summed E-state index contributed by atoms with van der Waals surface area (Å²) in [6.45, 7) is 2.20. The minimum atomic E-state index is -3.54. The highest BCUT2D eigenvalue weighted by Gasteiger charge is 2.27. The van der Waals surface area contributed by atoms with Crippen molar-refractivity contribution in [1.82, 2.24) is 14.2 Å². The number of rotatable bonds is 8. The van der Waals surface area contributed by atoms with Crippen LogP contribution < -0.4 is 9.64 Å². The monoisotopic (exact) mass is 502 g/mol. The van der Waals surface area contributed by atoms with E-state index >= 15 is 0 Å². The van der Waals surface area contributed by atoms with E-state index in [-0.39, 0.29) is 10.8 Å². The van der Waals surface area contributed by atoms with Crippen molar-refractivity contribution in [3.8, 4) is 5.75 Å². The fourth-order valence-corrected chi connectivity index (χ4v) is 6.39. The lowest BCUT2D eigenvalue weighted by Gasteiger charge is -2.26. The third-order valence-electron chi connectivity index (χ3n) is 5.88. The van der Waals surface area contributed by atoms with Gasteiger partial charge in [-0.15, -0.1) is 0 Å². The Morgan fingerprint density at radius 1 is 1.06 bits per heavy atom. The molecule has 4 rings (SSSR count). The molecule has 2 aromatic carbocycles. The summed E-state index contributed by atoms with van der Waals surface area (Å²) in [6.07, 6.45) is 2.82. The number of hydrogen-bond donors (Lipinski definition) is 0. The molecule has 0 bridgehead atoms. The molecular weight excluding hydrogens is 472 g/mol. The van der Waals surface area contributed by atoms with E-state index in [1.165, 1.54) is 27.8 Å². The van der Waals surface area contributed by atoms with Crippen molar-refractivity contribution in [3.63, 3.8) is 0 Å². The fourth-order valence-electron chi connectivity index (χ4n) is 3.90.